The lowest BCUT2D eigenvalue weighted by molar-refractivity contribution is -0.139. The van der Waals surface area contributed by atoms with E-state index in [1.54, 1.807) is 29.2 Å². The third kappa shape index (κ3) is 12.9. The van der Waals surface area contributed by atoms with Gasteiger partial charge < -0.3 is 36.8 Å². The van der Waals surface area contributed by atoms with Crippen LogP contribution in [-0.2, 0) is 30.4 Å². The molecule has 1 heterocycles. The summed E-state index contributed by atoms with van der Waals surface area (Å²) in [6, 6.07) is 12.9. The van der Waals surface area contributed by atoms with Crippen LogP contribution in [0.2, 0.25) is 5.02 Å². The Hall–Kier alpha value is -4.18. The standard InChI is InChI=1S/C31H39ClN6O8S/c32-22-5-1-20(2-6-22)11-13-37-14-16-38(17-15-37)30(44)21-3-7-23(8-4-21)36-29(43)27(28(42)35-19-26(40)41)47-18-12-34-25(39)10-9-24(33)31(45)46/h1-8,24,27H,9-19,33H2,(H,34,39)(H,35,42)(H,36,43)(H,40,41)(H,45,46)/t24-,27?/m1/s1. The number of rotatable bonds is 17. The van der Waals surface area contributed by atoms with Gasteiger partial charge in [0.05, 0.1) is 0 Å². The smallest absolute Gasteiger partial charge is 0.322 e. The van der Waals surface area contributed by atoms with Gasteiger partial charge in [-0.15, -0.1) is 11.8 Å². The Kier molecular flexibility index (Phi) is 14.9. The number of halogens is 1. The number of nitrogens with zero attached hydrogens (tertiary/aromatic N) is 2. The van der Waals surface area contributed by atoms with Crippen molar-refractivity contribution in [3.8, 4) is 0 Å². The molecule has 0 aromatic heterocycles. The Morgan fingerprint density at radius 1 is 0.894 bits per heavy atom. The first-order valence-corrected chi connectivity index (χ1v) is 16.4. The maximum atomic E-state index is 13.1. The number of nitrogens with one attached hydrogen (secondary N) is 3. The zero-order valence-electron chi connectivity index (χ0n) is 25.7. The highest BCUT2D eigenvalue weighted by molar-refractivity contribution is 8.01. The summed E-state index contributed by atoms with van der Waals surface area (Å²) in [5, 5.41) is 24.5. The van der Waals surface area contributed by atoms with Gasteiger partial charge in [-0.2, -0.15) is 0 Å². The fourth-order valence-corrected chi connectivity index (χ4v) is 5.62. The summed E-state index contributed by atoms with van der Waals surface area (Å²) >= 11 is 6.85. The molecule has 1 aliphatic rings. The lowest BCUT2D eigenvalue weighted by Gasteiger charge is -2.34. The normalized spacial score (nSPS) is 14.5. The highest BCUT2D eigenvalue weighted by atomic mass is 35.5. The van der Waals surface area contributed by atoms with Crippen LogP contribution in [0.15, 0.2) is 48.5 Å². The first kappa shape index (κ1) is 37.3. The third-order valence-electron chi connectivity index (χ3n) is 7.29. The molecule has 7 N–H and O–H groups in total. The van der Waals surface area contributed by atoms with E-state index in [0.29, 0.717) is 29.4 Å². The van der Waals surface area contributed by atoms with E-state index in [-0.39, 0.29) is 31.0 Å². The predicted molar refractivity (Wildman–Crippen MR) is 177 cm³/mol. The Balaban J connectivity index is 1.48. The Morgan fingerprint density at radius 3 is 2.17 bits per heavy atom. The molecule has 1 saturated heterocycles. The van der Waals surface area contributed by atoms with Crippen molar-refractivity contribution in [2.24, 2.45) is 5.73 Å². The lowest BCUT2D eigenvalue weighted by atomic mass is 10.1. The topological polar surface area (TPSA) is 211 Å². The van der Waals surface area contributed by atoms with Gasteiger partial charge in [-0.05, 0) is 54.8 Å². The predicted octanol–water partition coefficient (Wildman–Crippen LogP) is 0.890. The van der Waals surface area contributed by atoms with Crippen LogP contribution >= 0.6 is 23.4 Å². The van der Waals surface area contributed by atoms with E-state index in [1.807, 2.05) is 24.3 Å². The lowest BCUT2D eigenvalue weighted by Crippen LogP contribution is -2.49. The van der Waals surface area contributed by atoms with E-state index in [1.165, 1.54) is 5.56 Å². The van der Waals surface area contributed by atoms with Gasteiger partial charge in [0.1, 0.15) is 12.6 Å². The van der Waals surface area contributed by atoms with Crippen molar-refractivity contribution in [2.45, 2.75) is 30.6 Å². The number of hydrogen-bond acceptors (Lipinski definition) is 9. The molecule has 2 atom stereocenters. The molecule has 16 heteroatoms. The van der Waals surface area contributed by atoms with E-state index >= 15 is 0 Å². The van der Waals surface area contributed by atoms with Crippen LogP contribution in [0.25, 0.3) is 0 Å². The summed E-state index contributed by atoms with van der Waals surface area (Å²) in [4.78, 5) is 76.6. The van der Waals surface area contributed by atoms with Gasteiger partial charge in [-0.25, -0.2) is 0 Å². The van der Waals surface area contributed by atoms with Crippen molar-refractivity contribution in [1.82, 2.24) is 20.4 Å². The van der Waals surface area contributed by atoms with E-state index in [9.17, 15) is 28.8 Å². The zero-order valence-corrected chi connectivity index (χ0v) is 27.2. The molecule has 14 nitrogen and oxygen atoms in total. The van der Waals surface area contributed by atoms with Gasteiger partial charge in [0.15, 0.2) is 5.25 Å². The molecule has 47 heavy (non-hydrogen) atoms. The molecular formula is C31H39ClN6O8S. The Bertz CT molecular complexity index is 1400. The van der Waals surface area contributed by atoms with Crippen LogP contribution in [0.1, 0.15) is 28.8 Å². The molecule has 4 amide bonds. The number of carbonyl (C=O) groups is 6. The summed E-state index contributed by atoms with van der Waals surface area (Å²) in [6.07, 6.45) is 0.728. The minimum Gasteiger partial charge on any atom is -0.480 e. The van der Waals surface area contributed by atoms with Gasteiger partial charge in [-0.1, -0.05) is 23.7 Å². The second-order valence-electron chi connectivity index (χ2n) is 10.8. The van der Waals surface area contributed by atoms with Crippen LogP contribution in [0.5, 0.6) is 0 Å². The molecule has 1 unspecified atom stereocenters. The summed E-state index contributed by atoms with van der Waals surface area (Å²) in [5.74, 6) is -4.49. The number of nitrogens with two attached hydrogens (primary N) is 1. The molecule has 1 fully saturated rings. The van der Waals surface area contributed by atoms with Crippen molar-refractivity contribution in [3.63, 3.8) is 0 Å². The summed E-state index contributed by atoms with van der Waals surface area (Å²) in [6.45, 7) is 2.92. The van der Waals surface area contributed by atoms with Crippen molar-refractivity contribution < 1.29 is 39.0 Å². The van der Waals surface area contributed by atoms with Crippen LogP contribution in [0.3, 0.4) is 0 Å². The quantitative estimate of drug-likeness (QED) is 0.101. The highest BCUT2D eigenvalue weighted by Crippen LogP contribution is 2.18. The number of carbonyl (C=O) groups excluding carboxylic acids is 4. The molecule has 0 saturated carbocycles. The minimum absolute atomic E-state index is 0.0518. The number of benzene rings is 2. The van der Waals surface area contributed by atoms with Gasteiger partial charge in [0, 0.05) is 67.7 Å². The summed E-state index contributed by atoms with van der Waals surface area (Å²) in [5.41, 5.74) is 7.37. The highest BCUT2D eigenvalue weighted by Gasteiger charge is 2.28. The molecule has 0 aliphatic carbocycles. The SMILES string of the molecule is N[C@H](CCC(=O)NCCSC(C(=O)NCC(=O)O)C(=O)Nc1ccc(C(=O)N2CCN(CCc3ccc(Cl)cc3)CC2)cc1)C(=O)O. The molecule has 2 aromatic rings. The van der Waals surface area contributed by atoms with Crippen LogP contribution in [0, 0.1) is 0 Å². The number of amides is 4. The van der Waals surface area contributed by atoms with Crippen LogP contribution < -0.4 is 21.7 Å². The fourth-order valence-electron chi connectivity index (χ4n) is 4.59. The first-order chi connectivity index (χ1) is 22.4. The molecule has 3 rings (SSSR count). The van der Waals surface area contributed by atoms with Crippen LogP contribution in [-0.4, -0.2) is 118 Å². The van der Waals surface area contributed by atoms with Crippen molar-refractivity contribution in [2.75, 3.05) is 56.9 Å². The van der Waals surface area contributed by atoms with Gasteiger partial charge in [0.2, 0.25) is 17.7 Å². The molecule has 0 spiro atoms. The molecule has 2 aromatic carbocycles. The molecule has 1 aliphatic heterocycles. The monoisotopic (exact) mass is 690 g/mol. The Labute approximate surface area is 281 Å². The second kappa shape index (κ2) is 18.8. The Morgan fingerprint density at radius 2 is 1.55 bits per heavy atom. The number of hydrogen-bond donors (Lipinski definition) is 6. The molecular weight excluding hydrogens is 652 g/mol. The molecule has 0 radical (unpaired) electrons. The second-order valence-corrected chi connectivity index (χ2v) is 12.4. The van der Waals surface area contributed by atoms with E-state index in [2.05, 4.69) is 20.9 Å². The minimum atomic E-state index is -1.34. The average molecular weight is 691 g/mol. The third-order valence-corrected chi connectivity index (χ3v) is 8.74. The average Bonchev–Trinajstić information content (AvgIpc) is 3.06. The molecule has 0 bridgehead atoms. The number of carboxylic acid groups (broad SMARTS) is 2. The number of piperazine rings is 1. The van der Waals surface area contributed by atoms with Crippen molar-refractivity contribution in [3.05, 3.63) is 64.7 Å². The fraction of sp³-hybridized carbons (Fsp3) is 0.419. The first-order valence-electron chi connectivity index (χ1n) is 15.0. The number of thioether (sulfide) groups is 1. The summed E-state index contributed by atoms with van der Waals surface area (Å²) in [7, 11) is 0. The number of anilines is 1. The van der Waals surface area contributed by atoms with Crippen LogP contribution in [0.4, 0.5) is 5.69 Å². The maximum Gasteiger partial charge on any atom is 0.322 e. The van der Waals surface area contributed by atoms with Gasteiger partial charge in [0.25, 0.3) is 5.91 Å². The van der Waals surface area contributed by atoms with E-state index in [4.69, 9.17) is 27.5 Å². The van der Waals surface area contributed by atoms with Crippen molar-refractivity contribution >= 4 is 64.6 Å². The van der Waals surface area contributed by atoms with Gasteiger partial charge in [-0.3, -0.25) is 33.7 Å². The van der Waals surface area contributed by atoms with Gasteiger partial charge >= 0.3 is 11.9 Å². The maximum absolute atomic E-state index is 13.1. The summed E-state index contributed by atoms with van der Waals surface area (Å²) < 4.78 is 0. The largest absolute Gasteiger partial charge is 0.480 e. The number of carboxylic acids is 2. The molecule has 254 valence electrons. The van der Waals surface area contributed by atoms with Crippen molar-refractivity contribution in [1.29, 1.82) is 0 Å². The van der Waals surface area contributed by atoms with E-state index < -0.39 is 47.5 Å². The van der Waals surface area contributed by atoms with E-state index in [0.717, 1.165) is 37.8 Å². The number of aliphatic carboxylic acids is 2. The zero-order chi connectivity index (χ0) is 34.3.